The van der Waals surface area contributed by atoms with Crippen LogP contribution in [-0.4, -0.2) is 11.6 Å². The van der Waals surface area contributed by atoms with Gasteiger partial charge in [-0.25, -0.2) is 0 Å². The van der Waals surface area contributed by atoms with Gasteiger partial charge < -0.3 is 0 Å². The molecule has 1 aromatic rings. The van der Waals surface area contributed by atoms with Crippen LogP contribution in [0.4, 0.5) is 0 Å². The van der Waals surface area contributed by atoms with Gasteiger partial charge in [-0.2, -0.15) is 0 Å². The third-order valence-corrected chi connectivity index (χ3v) is 3.25. The first-order valence-corrected chi connectivity index (χ1v) is 6.80. The summed E-state index contributed by atoms with van der Waals surface area (Å²) in [7, 11) is 0. The Bertz CT molecular complexity index is 381. The summed E-state index contributed by atoms with van der Waals surface area (Å²) in [4.78, 5) is 21.7. The Kier molecular flexibility index (Phi) is 6.34. The van der Waals surface area contributed by atoms with Crippen LogP contribution in [0.3, 0.4) is 0 Å². The van der Waals surface area contributed by atoms with Crippen molar-refractivity contribution in [3.8, 4) is 0 Å². The minimum Gasteiger partial charge on any atom is -0.291 e. The van der Waals surface area contributed by atoms with Crippen LogP contribution in [-0.2, 0) is 16.0 Å². The van der Waals surface area contributed by atoms with Gasteiger partial charge in [0.05, 0.1) is 0 Å². The van der Waals surface area contributed by atoms with E-state index < -0.39 is 0 Å². The molecule has 0 amide bonds. The zero-order chi connectivity index (χ0) is 13.4. The summed E-state index contributed by atoms with van der Waals surface area (Å²) in [6.07, 6.45) is 4.32. The molecule has 18 heavy (non-hydrogen) atoms. The molecule has 98 valence electrons. The Labute approximate surface area is 109 Å². The number of benzene rings is 1. The van der Waals surface area contributed by atoms with Crippen LogP contribution in [0, 0.1) is 5.92 Å². The number of hydrogen-bond donors (Lipinski definition) is 0. The SMILES string of the molecule is CCCC1CCC(=O)C1=O.CCc1ccccc1. The largest absolute Gasteiger partial charge is 0.291 e. The summed E-state index contributed by atoms with van der Waals surface area (Å²) in [5.41, 5.74) is 1.41. The fraction of sp³-hybridized carbons (Fsp3) is 0.500. The average molecular weight is 246 g/mol. The number of rotatable bonds is 3. The number of carbonyl (C=O) groups excluding carboxylic acids is 2. The molecule has 0 radical (unpaired) electrons. The monoisotopic (exact) mass is 246 g/mol. The van der Waals surface area contributed by atoms with E-state index in [0.29, 0.717) is 6.42 Å². The first-order valence-electron chi connectivity index (χ1n) is 6.80. The third kappa shape index (κ3) is 4.44. The Hall–Kier alpha value is -1.44. The normalized spacial score (nSPS) is 18.4. The lowest BCUT2D eigenvalue weighted by atomic mass is 10.0. The predicted octanol–water partition coefficient (Wildman–Crippen LogP) is 3.58. The summed E-state index contributed by atoms with van der Waals surface area (Å²) in [6.45, 7) is 4.20. The maximum Gasteiger partial charge on any atom is 0.201 e. The van der Waals surface area contributed by atoms with E-state index in [9.17, 15) is 9.59 Å². The molecular formula is C16H22O2. The van der Waals surface area contributed by atoms with Gasteiger partial charge in [0.2, 0.25) is 5.78 Å². The second-order valence-corrected chi connectivity index (χ2v) is 4.65. The van der Waals surface area contributed by atoms with Crippen LogP contribution >= 0.6 is 0 Å². The Morgan fingerprint density at radius 3 is 2.17 bits per heavy atom. The van der Waals surface area contributed by atoms with Gasteiger partial charge in [0, 0.05) is 12.3 Å². The van der Waals surface area contributed by atoms with Crippen LogP contribution < -0.4 is 0 Å². The average Bonchev–Trinajstić information content (AvgIpc) is 2.73. The van der Waals surface area contributed by atoms with Crippen molar-refractivity contribution in [3.63, 3.8) is 0 Å². The van der Waals surface area contributed by atoms with Crippen molar-refractivity contribution in [2.24, 2.45) is 5.92 Å². The van der Waals surface area contributed by atoms with Gasteiger partial charge in [0.25, 0.3) is 0 Å². The van der Waals surface area contributed by atoms with Crippen molar-refractivity contribution in [1.29, 1.82) is 0 Å². The van der Waals surface area contributed by atoms with Crippen LogP contribution in [0.1, 0.15) is 45.1 Å². The van der Waals surface area contributed by atoms with E-state index in [-0.39, 0.29) is 17.5 Å². The van der Waals surface area contributed by atoms with Crippen molar-refractivity contribution in [3.05, 3.63) is 35.9 Å². The summed E-state index contributed by atoms with van der Waals surface area (Å²) in [5, 5.41) is 0. The van der Waals surface area contributed by atoms with Gasteiger partial charge in [-0.1, -0.05) is 50.6 Å². The Morgan fingerprint density at radius 1 is 1.11 bits per heavy atom. The second kappa shape index (κ2) is 7.80. The molecule has 2 nitrogen and oxygen atoms in total. The van der Waals surface area contributed by atoms with Crippen LogP contribution in [0.15, 0.2) is 30.3 Å². The summed E-state index contributed by atoms with van der Waals surface area (Å²) in [5.74, 6) is -0.210. The quantitative estimate of drug-likeness (QED) is 0.764. The molecule has 1 unspecified atom stereocenters. The molecule has 1 saturated carbocycles. The van der Waals surface area contributed by atoms with Gasteiger partial charge in [-0.3, -0.25) is 9.59 Å². The summed E-state index contributed by atoms with van der Waals surface area (Å²) < 4.78 is 0. The number of hydrogen-bond acceptors (Lipinski definition) is 2. The first-order chi connectivity index (χ1) is 8.69. The van der Waals surface area contributed by atoms with Gasteiger partial charge in [-0.05, 0) is 24.8 Å². The van der Waals surface area contributed by atoms with Crippen LogP contribution in [0.25, 0.3) is 0 Å². The topological polar surface area (TPSA) is 34.1 Å². The fourth-order valence-corrected chi connectivity index (χ4v) is 2.12. The smallest absolute Gasteiger partial charge is 0.201 e. The molecule has 0 bridgehead atoms. The van der Waals surface area contributed by atoms with Crippen LogP contribution in [0.2, 0.25) is 0 Å². The fourth-order valence-electron chi connectivity index (χ4n) is 2.12. The van der Waals surface area contributed by atoms with Crippen molar-refractivity contribution in [1.82, 2.24) is 0 Å². The molecule has 0 N–H and O–H groups in total. The van der Waals surface area contributed by atoms with E-state index in [2.05, 4.69) is 31.2 Å². The molecule has 0 aromatic heterocycles. The maximum atomic E-state index is 10.9. The van der Waals surface area contributed by atoms with E-state index in [1.54, 1.807) is 0 Å². The van der Waals surface area contributed by atoms with Crippen molar-refractivity contribution < 1.29 is 9.59 Å². The molecule has 1 fully saturated rings. The molecule has 0 heterocycles. The second-order valence-electron chi connectivity index (χ2n) is 4.65. The first kappa shape index (κ1) is 14.6. The molecule has 0 spiro atoms. The van der Waals surface area contributed by atoms with E-state index in [4.69, 9.17) is 0 Å². The van der Waals surface area contributed by atoms with Crippen molar-refractivity contribution in [2.75, 3.05) is 0 Å². The molecule has 2 heteroatoms. The number of carbonyl (C=O) groups is 2. The van der Waals surface area contributed by atoms with E-state index >= 15 is 0 Å². The van der Waals surface area contributed by atoms with Crippen LogP contribution in [0.5, 0.6) is 0 Å². The number of aryl methyl sites for hydroxylation is 1. The lowest BCUT2D eigenvalue weighted by molar-refractivity contribution is -0.135. The van der Waals surface area contributed by atoms with E-state index in [0.717, 1.165) is 25.7 Å². The molecule has 1 aromatic carbocycles. The van der Waals surface area contributed by atoms with Crippen molar-refractivity contribution >= 4 is 11.6 Å². The molecule has 1 aliphatic rings. The number of Topliss-reactive ketones (excluding diaryl/α,β-unsaturated/α-hetero) is 2. The molecular weight excluding hydrogens is 224 g/mol. The highest BCUT2D eigenvalue weighted by atomic mass is 16.2. The van der Waals surface area contributed by atoms with Gasteiger partial charge in [0.1, 0.15) is 0 Å². The van der Waals surface area contributed by atoms with Crippen molar-refractivity contribution in [2.45, 2.75) is 46.0 Å². The maximum absolute atomic E-state index is 10.9. The van der Waals surface area contributed by atoms with Gasteiger partial charge >= 0.3 is 0 Å². The predicted molar refractivity (Wildman–Crippen MR) is 73.5 cm³/mol. The van der Waals surface area contributed by atoms with E-state index in [1.807, 2.05) is 13.0 Å². The zero-order valence-electron chi connectivity index (χ0n) is 11.3. The van der Waals surface area contributed by atoms with E-state index in [1.165, 1.54) is 5.56 Å². The Morgan fingerprint density at radius 2 is 1.78 bits per heavy atom. The van der Waals surface area contributed by atoms with Gasteiger partial charge in [-0.15, -0.1) is 0 Å². The lowest BCUT2D eigenvalue weighted by Gasteiger charge is -2.01. The highest BCUT2D eigenvalue weighted by Gasteiger charge is 2.30. The summed E-state index contributed by atoms with van der Waals surface area (Å²) in [6, 6.07) is 10.5. The summed E-state index contributed by atoms with van der Waals surface area (Å²) >= 11 is 0. The van der Waals surface area contributed by atoms with Gasteiger partial charge in [0.15, 0.2) is 5.78 Å². The highest BCUT2D eigenvalue weighted by molar-refractivity contribution is 6.39. The molecule has 1 aliphatic carbocycles. The molecule has 1 atom stereocenters. The standard InChI is InChI=1S/C8H12O2.C8H10/c1-2-3-6-4-5-7(9)8(6)10;1-2-8-6-4-3-5-7-8/h6H,2-5H2,1H3;3-7H,2H2,1H3. The molecule has 0 aliphatic heterocycles. The third-order valence-electron chi connectivity index (χ3n) is 3.25. The molecule has 2 rings (SSSR count). The zero-order valence-corrected chi connectivity index (χ0v) is 11.3. The Balaban J connectivity index is 0.000000184. The minimum atomic E-state index is -0.154. The highest BCUT2D eigenvalue weighted by Crippen LogP contribution is 2.22. The lowest BCUT2D eigenvalue weighted by Crippen LogP contribution is -2.12. The molecule has 0 saturated heterocycles. The number of ketones is 2. The minimum absolute atomic E-state index is 0.0671.